The van der Waals surface area contributed by atoms with E-state index >= 15 is 0 Å². The summed E-state index contributed by atoms with van der Waals surface area (Å²) in [6.07, 6.45) is 2.09. The molecule has 0 aliphatic carbocycles. The zero-order chi connectivity index (χ0) is 13.1. The van der Waals surface area contributed by atoms with Crippen LogP contribution in [0.5, 0.6) is 5.75 Å². The van der Waals surface area contributed by atoms with Gasteiger partial charge in [-0.25, -0.2) is 0 Å². The third kappa shape index (κ3) is 2.52. The van der Waals surface area contributed by atoms with Crippen molar-refractivity contribution in [2.45, 2.75) is 45.6 Å². The Kier molecular flexibility index (Phi) is 4.25. The lowest BCUT2D eigenvalue weighted by Gasteiger charge is -2.22. The Hall–Kier alpha value is -1.06. The van der Waals surface area contributed by atoms with Gasteiger partial charge in [0.2, 0.25) is 0 Å². The molecule has 1 aliphatic heterocycles. The molecular formula is C15H23NO2. The van der Waals surface area contributed by atoms with Crippen molar-refractivity contribution in [3.8, 4) is 5.75 Å². The smallest absolute Gasteiger partial charge is 0.127 e. The Morgan fingerprint density at radius 1 is 1.39 bits per heavy atom. The maximum absolute atomic E-state index is 6.00. The summed E-state index contributed by atoms with van der Waals surface area (Å²) in [4.78, 5) is 5.14. The van der Waals surface area contributed by atoms with Gasteiger partial charge in [-0.05, 0) is 36.8 Å². The fraction of sp³-hybridized carbons (Fsp3) is 0.600. The van der Waals surface area contributed by atoms with Gasteiger partial charge in [0.05, 0.1) is 19.8 Å². The van der Waals surface area contributed by atoms with Gasteiger partial charge in [0.25, 0.3) is 0 Å². The molecular weight excluding hydrogens is 226 g/mol. The zero-order valence-corrected chi connectivity index (χ0v) is 11.7. The van der Waals surface area contributed by atoms with Crippen LogP contribution in [0.15, 0.2) is 12.1 Å². The average molecular weight is 249 g/mol. The summed E-state index contributed by atoms with van der Waals surface area (Å²) in [6, 6.07) is 4.60. The lowest BCUT2D eigenvalue weighted by Crippen LogP contribution is -2.20. The lowest BCUT2D eigenvalue weighted by atomic mass is 9.91. The second-order valence-corrected chi connectivity index (χ2v) is 5.23. The molecule has 0 bridgehead atoms. The number of benzene rings is 1. The van der Waals surface area contributed by atoms with Gasteiger partial charge in [0.15, 0.2) is 0 Å². The predicted octanol–water partition coefficient (Wildman–Crippen LogP) is 3.48. The quantitative estimate of drug-likeness (QED) is 0.832. The molecule has 0 amide bonds. The number of nitrogens with one attached hydrogen (secondary N) is 1. The third-order valence-electron chi connectivity index (χ3n) is 3.56. The van der Waals surface area contributed by atoms with Crippen LogP contribution in [0, 0.1) is 6.92 Å². The maximum Gasteiger partial charge on any atom is 0.127 e. The highest BCUT2D eigenvalue weighted by Crippen LogP contribution is 2.39. The second-order valence-electron chi connectivity index (χ2n) is 5.23. The van der Waals surface area contributed by atoms with Crippen molar-refractivity contribution in [1.82, 2.24) is 5.48 Å². The van der Waals surface area contributed by atoms with Crippen molar-refractivity contribution >= 4 is 0 Å². The van der Waals surface area contributed by atoms with Crippen LogP contribution in [0.1, 0.15) is 55.3 Å². The molecule has 18 heavy (non-hydrogen) atoms. The Morgan fingerprint density at radius 2 is 2.17 bits per heavy atom. The van der Waals surface area contributed by atoms with Crippen LogP contribution in [0.4, 0.5) is 0 Å². The topological polar surface area (TPSA) is 30.5 Å². The van der Waals surface area contributed by atoms with Crippen LogP contribution in [0.3, 0.4) is 0 Å². The summed E-state index contributed by atoms with van der Waals surface area (Å²) in [5, 5.41) is 0. The summed E-state index contributed by atoms with van der Waals surface area (Å²) in [5.74, 6) is 1.54. The Balaban J connectivity index is 2.51. The van der Waals surface area contributed by atoms with Crippen LogP contribution >= 0.6 is 0 Å². The minimum atomic E-state index is 0.228. The number of hydroxylamine groups is 1. The van der Waals surface area contributed by atoms with E-state index in [2.05, 4.69) is 38.4 Å². The van der Waals surface area contributed by atoms with Gasteiger partial charge < -0.3 is 9.57 Å². The number of aryl methyl sites for hydroxylation is 1. The van der Waals surface area contributed by atoms with Crippen molar-refractivity contribution in [3.63, 3.8) is 0 Å². The fourth-order valence-corrected chi connectivity index (χ4v) is 2.63. The van der Waals surface area contributed by atoms with Crippen molar-refractivity contribution in [1.29, 1.82) is 0 Å². The van der Waals surface area contributed by atoms with E-state index < -0.39 is 0 Å². The molecule has 1 aromatic carbocycles. The van der Waals surface area contributed by atoms with Gasteiger partial charge in [-0.15, -0.1) is 0 Å². The van der Waals surface area contributed by atoms with Gasteiger partial charge in [-0.1, -0.05) is 26.0 Å². The molecule has 2 rings (SSSR count). The minimum Gasteiger partial charge on any atom is -0.493 e. The van der Waals surface area contributed by atoms with E-state index in [0.717, 1.165) is 25.2 Å². The molecule has 0 saturated heterocycles. The third-order valence-corrected chi connectivity index (χ3v) is 3.56. The summed E-state index contributed by atoms with van der Waals surface area (Å²) >= 11 is 0. The molecule has 1 aliphatic rings. The monoisotopic (exact) mass is 249 g/mol. The van der Waals surface area contributed by atoms with Gasteiger partial charge in [-0.3, -0.25) is 0 Å². The van der Waals surface area contributed by atoms with E-state index in [9.17, 15) is 0 Å². The molecule has 1 atom stereocenters. The highest BCUT2D eigenvalue weighted by atomic mass is 16.6. The molecule has 1 heterocycles. The number of rotatable bonds is 3. The standard InChI is InChI=1S/C15H23NO2/c1-10(2)12-8-7-11(3)14-13(16-17-4)6-5-9-18-15(12)14/h7-8,10,13,16H,5-6,9H2,1-4H3. The zero-order valence-electron chi connectivity index (χ0n) is 11.7. The molecule has 100 valence electrons. The van der Waals surface area contributed by atoms with Crippen LogP contribution in [0.2, 0.25) is 0 Å². The Bertz CT molecular complexity index is 415. The highest BCUT2D eigenvalue weighted by molar-refractivity contribution is 5.49. The summed E-state index contributed by atoms with van der Waals surface area (Å²) in [5.41, 5.74) is 6.93. The molecule has 0 fully saturated rings. The first-order valence-corrected chi connectivity index (χ1v) is 6.69. The summed E-state index contributed by atoms with van der Waals surface area (Å²) in [6.45, 7) is 7.34. The number of hydrogen-bond acceptors (Lipinski definition) is 3. The molecule has 1 aromatic rings. The van der Waals surface area contributed by atoms with Crippen molar-refractivity contribution < 1.29 is 9.57 Å². The normalized spacial score (nSPS) is 19.3. The minimum absolute atomic E-state index is 0.228. The Morgan fingerprint density at radius 3 is 2.83 bits per heavy atom. The molecule has 1 N–H and O–H groups in total. The summed E-state index contributed by atoms with van der Waals surface area (Å²) < 4.78 is 6.00. The molecule has 3 heteroatoms. The number of ether oxygens (including phenoxy) is 1. The molecule has 0 radical (unpaired) electrons. The van der Waals surface area contributed by atoms with Gasteiger partial charge in [-0.2, -0.15) is 5.48 Å². The summed E-state index contributed by atoms with van der Waals surface area (Å²) in [7, 11) is 1.67. The molecule has 1 unspecified atom stereocenters. The van der Waals surface area contributed by atoms with Crippen LogP contribution in [0.25, 0.3) is 0 Å². The average Bonchev–Trinajstić information content (AvgIpc) is 2.53. The van der Waals surface area contributed by atoms with Crippen molar-refractivity contribution in [2.24, 2.45) is 0 Å². The van der Waals surface area contributed by atoms with Gasteiger partial charge >= 0.3 is 0 Å². The first-order chi connectivity index (χ1) is 8.65. The SMILES string of the molecule is CONC1CCCOc2c(C(C)C)ccc(C)c21. The van der Waals surface area contributed by atoms with Crippen LogP contribution < -0.4 is 10.2 Å². The van der Waals surface area contributed by atoms with E-state index in [-0.39, 0.29) is 6.04 Å². The number of fused-ring (bicyclic) bond motifs is 1. The van der Waals surface area contributed by atoms with E-state index in [1.54, 1.807) is 7.11 Å². The Labute approximate surface area is 109 Å². The molecule has 3 nitrogen and oxygen atoms in total. The van der Waals surface area contributed by atoms with E-state index in [4.69, 9.17) is 9.57 Å². The van der Waals surface area contributed by atoms with E-state index in [0.29, 0.717) is 5.92 Å². The largest absolute Gasteiger partial charge is 0.493 e. The van der Waals surface area contributed by atoms with Crippen LogP contribution in [-0.2, 0) is 4.84 Å². The maximum atomic E-state index is 6.00. The number of hydrogen-bond donors (Lipinski definition) is 1. The van der Waals surface area contributed by atoms with Crippen LogP contribution in [-0.4, -0.2) is 13.7 Å². The van der Waals surface area contributed by atoms with Gasteiger partial charge in [0.1, 0.15) is 5.75 Å². The van der Waals surface area contributed by atoms with Crippen molar-refractivity contribution in [3.05, 3.63) is 28.8 Å². The molecule has 0 aromatic heterocycles. The van der Waals surface area contributed by atoms with Crippen molar-refractivity contribution in [2.75, 3.05) is 13.7 Å². The van der Waals surface area contributed by atoms with E-state index in [1.165, 1.54) is 16.7 Å². The van der Waals surface area contributed by atoms with E-state index in [1.807, 2.05) is 0 Å². The predicted molar refractivity (Wildman–Crippen MR) is 72.9 cm³/mol. The highest BCUT2D eigenvalue weighted by Gasteiger charge is 2.24. The second kappa shape index (κ2) is 5.72. The molecule has 0 spiro atoms. The fourth-order valence-electron chi connectivity index (χ4n) is 2.63. The first kappa shape index (κ1) is 13.4. The molecule has 0 saturated carbocycles. The lowest BCUT2D eigenvalue weighted by molar-refractivity contribution is 0.0578. The van der Waals surface area contributed by atoms with Gasteiger partial charge in [0, 0.05) is 5.56 Å². The first-order valence-electron chi connectivity index (χ1n) is 6.69.